The first-order valence-corrected chi connectivity index (χ1v) is 12.1. The van der Waals surface area contributed by atoms with Gasteiger partial charge in [0.05, 0.1) is 10.9 Å². The maximum atomic E-state index is 13.3. The molecule has 0 unspecified atom stereocenters. The van der Waals surface area contributed by atoms with Crippen molar-refractivity contribution in [2.24, 2.45) is 0 Å². The summed E-state index contributed by atoms with van der Waals surface area (Å²) in [6.45, 7) is 2.00. The third-order valence-corrected chi connectivity index (χ3v) is 8.50. The number of hydrogen-bond acceptors (Lipinski definition) is 6. The van der Waals surface area contributed by atoms with Crippen LogP contribution < -0.4 is 5.32 Å². The second-order valence-corrected chi connectivity index (χ2v) is 10.3. The van der Waals surface area contributed by atoms with Gasteiger partial charge < -0.3 is 5.32 Å². The molecule has 7 nitrogen and oxygen atoms in total. The molecule has 0 radical (unpaired) electrons. The van der Waals surface area contributed by atoms with Gasteiger partial charge in [0.1, 0.15) is 10.8 Å². The van der Waals surface area contributed by atoms with Gasteiger partial charge in [-0.25, -0.2) is 12.8 Å². The number of sulfonamides is 1. The van der Waals surface area contributed by atoms with Gasteiger partial charge in [0.15, 0.2) is 0 Å². The SMILES string of the molecule is Cc1c(Cl)cccc1S(=O)(=O)N1CCC[C@H]1c1nnc(C(=O)Nc2cccc(F)c2)s1. The van der Waals surface area contributed by atoms with Crippen LogP contribution in [0.1, 0.15) is 39.3 Å². The van der Waals surface area contributed by atoms with Crippen LogP contribution in [-0.2, 0) is 10.0 Å². The normalized spacial score (nSPS) is 17.1. The predicted octanol–water partition coefficient (Wildman–Crippen LogP) is 4.42. The molecule has 3 aromatic rings. The zero-order chi connectivity index (χ0) is 22.2. The fourth-order valence-electron chi connectivity index (χ4n) is 3.48. The molecule has 2 heterocycles. The van der Waals surface area contributed by atoms with Crippen LogP contribution in [0.2, 0.25) is 5.02 Å². The zero-order valence-corrected chi connectivity index (χ0v) is 18.8. The number of anilines is 1. The summed E-state index contributed by atoms with van der Waals surface area (Å²) in [6, 6.07) is 9.77. The van der Waals surface area contributed by atoms with E-state index in [1.807, 2.05) is 0 Å². The average molecular weight is 481 g/mol. The Morgan fingerprint density at radius 2 is 2.03 bits per heavy atom. The van der Waals surface area contributed by atoms with E-state index in [1.165, 1.54) is 28.6 Å². The van der Waals surface area contributed by atoms with Gasteiger partial charge in [-0.1, -0.05) is 35.1 Å². The van der Waals surface area contributed by atoms with Crippen LogP contribution in [0.4, 0.5) is 10.1 Å². The van der Waals surface area contributed by atoms with Crippen molar-refractivity contribution in [1.82, 2.24) is 14.5 Å². The highest BCUT2D eigenvalue weighted by atomic mass is 35.5. The number of halogens is 2. The van der Waals surface area contributed by atoms with Gasteiger partial charge in [0, 0.05) is 17.3 Å². The number of hydrogen-bond donors (Lipinski definition) is 1. The minimum Gasteiger partial charge on any atom is -0.320 e. The highest BCUT2D eigenvalue weighted by Gasteiger charge is 2.39. The highest BCUT2D eigenvalue weighted by Crippen LogP contribution is 2.39. The summed E-state index contributed by atoms with van der Waals surface area (Å²) >= 11 is 7.15. The molecule has 1 fully saturated rings. The molecule has 1 aromatic heterocycles. The number of aromatic nitrogens is 2. The molecule has 1 aliphatic rings. The number of amides is 1. The Balaban J connectivity index is 1.58. The van der Waals surface area contributed by atoms with Crippen molar-refractivity contribution >= 4 is 44.6 Å². The van der Waals surface area contributed by atoms with E-state index < -0.39 is 27.8 Å². The summed E-state index contributed by atoms with van der Waals surface area (Å²) < 4.78 is 41.3. The van der Waals surface area contributed by atoms with E-state index in [1.54, 1.807) is 25.1 Å². The van der Waals surface area contributed by atoms with Gasteiger partial charge in [-0.2, -0.15) is 4.31 Å². The van der Waals surface area contributed by atoms with Gasteiger partial charge in [-0.05, 0) is 55.7 Å². The highest BCUT2D eigenvalue weighted by molar-refractivity contribution is 7.89. The van der Waals surface area contributed by atoms with Gasteiger partial charge >= 0.3 is 0 Å². The average Bonchev–Trinajstić information content (AvgIpc) is 3.39. The Hall–Kier alpha value is -2.40. The van der Waals surface area contributed by atoms with Crippen LogP contribution in [0.15, 0.2) is 47.4 Å². The van der Waals surface area contributed by atoms with Crippen molar-refractivity contribution in [3.63, 3.8) is 0 Å². The Kier molecular flexibility index (Phi) is 6.07. The maximum absolute atomic E-state index is 13.3. The Labute approximate surface area is 187 Å². The van der Waals surface area contributed by atoms with Gasteiger partial charge in [-0.3, -0.25) is 4.79 Å². The monoisotopic (exact) mass is 480 g/mol. The third kappa shape index (κ3) is 4.33. The summed E-state index contributed by atoms with van der Waals surface area (Å²) in [5, 5.41) is 11.4. The smallest absolute Gasteiger partial charge is 0.286 e. The number of nitrogens with zero attached hydrogens (tertiary/aromatic N) is 3. The lowest BCUT2D eigenvalue weighted by atomic mass is 10.2. The molecule has 162 valence electrons. The van der Waals surface area contributed by atoms with Crippen molar-refractivity contribution in [1.29, 1.82) is 0 Å². The van der Waals surface area contributed by atoms with Crippen molar-refractivity contribution in [3.8, 4) is 0 Å². The summed E-state index contributed by atoms with van der Waals surface area (Å²) in [4.78, 5) is 12.6. The molecule has 11 heteroatoms. The lowest BCUT2D eigenvalue weighted by Gasteiger charge is -2.23. The van der Waals surface area contributed by atoms with Gasteiger partial charge in [0.25, 0.3) is 5.91 Å². The first-order valence-electron chi connectivity index (χ1n) is 9.44. The molecule has 4 rings (SSSR count). The lowest BCUT2D eigenvalue weighted by molar-refractivity contribution is 0.102. The molecule has 31 heavy (non-hydrogen) atoms. The van der Waals surface area contributed by atoms with Crippen molar-refractivity contribution in [2.45, 2.75) is 30.7 Å². The molecule has 0 saturated carbocycles. The van der Waals surface area contributed by atoms with E-state index in [-0.39, 0.29) is 9.90 Å². The largest absolute Gasteiger partial charge is 0.320 e. The van der Waals surface area contributed by atoms with E-state index in [0.29, 0.717) is 40.7 Å². The molecule has 2 aromatic carbocycles. The van der Waals surface area contributed by atoms with Gasteiger partial charge in [-0.15, -0.1) is 10.2 Å². The first-order chi connectivity index (χ1) is 14.8. The predicted molar refractivity (Wildman–Crippen MR) is 116 cm³/mol. The maximum Gasteiger partial charge on any atom is 0.286 e. The second-order valence-electron chi connectivity index (χ2n) is 7.05. The quantitative estimate of drug-likeness (QED) is 0.583. The van der Waals surface area contributed by atoms with Crippen molar-refractivity contribution in [3.05, 3.63) is 68.9 Å². The van der Waals surface area contributed by atoms with E-state index in [9.17, 15) is 17.6 Å². The van der Waals surface area contributed by atoms with Gasteiger partial charge in [0.2, 0.25) is 15.0 Å². The molecular formula is C20H18ClFN4O3S2. The van der Waals surface area contributed by atoms with Crippen molar-refractivity contribution in [2.75, 3.05) is 11.9 Å². The molecule has 1 amide bonds. The van der Waals surface area contributed by atoms with Crippen LogP contribution >= 0.6 is 22.9 Å². The van der Waals surface area contributed by atoms with Crippen LogP contribution in [0.25, 0.3) is 0 Å². The summed E-state index contributed by atoms with van der Waals surface area (Å²) in [5.41, 5.74) is 0.783. The van der Waals surface area contributed by atoms with E-state index in [0.717, 1.165) is 11.3 Å². The summed E-state index contributed by atoms with van der Waals surface area (Å²) in [6.07, 6.45) is 1.23. The summed E-state index contributed by atoms with van der Waals surface area (Å²) in [7, 11) is -3.81. The van der Waals surface area contributed by atoms with Crippen molar-refractivity contribution < 1.29 is 17.6 Å². The topological polar surface area (TPSA) is 92.3 Å². The second kappa shape index (κ2) is 8.62. The number of nitrogens with one attached hydrogen (secondary N) is 1. The standard InChI is InChI=1S/C20H18ClFN4O3S2/c1-12-15(21)7-3-9-17(12)31(28,29)26-10-4-8-16(26)19-24-25-20(30-19)18(27)23-14-6-2-5-13(22)11-14/h2-3,5-7,9,11,16H,4,8,10H2,1H3,(H,23,27)/t16-/m0/s1. The minimum absolute atomic E-state index is 0.0717. The third-order valence-electron chi connectivity index (χ3n) is 5.01. The van der Waals surface area contributed by atoms with E-state index >= 15 is 0 Å². The Bertz CT molecular complexity index is 1250. The molecule has 1 atom stereocenters. The van der Waals surface area contributed by atoms with Crippen LogP contribution in [-0.4, -0.2) is 35.4 Å². The molecule has 1 saturated heterocycles. The fraction of sp³-hybridized carbons (Fsp3) is 0.250. The molecule has 1 aliphatic heterocycles. The Morgan fingerprint density at radius 3 is 2.81 bits per heavy atom. The van der Waals surface area contributed by atoms with E-state index in [4.69, 9.17) is 11.6 Å². The van der Waals surface area contributed by atoms with Crippen LogP contribution in [0.5, 0.6) is 0 Å². The number of carbonyl (C=O) groups excluding carboxylic acids is 1. The molecule has 0 spiro atoms. The first kappa shape index (κ1) is 21.8. The van der Waals surface area contributed by atoms with E-state index in [2.05, 4.69) is 15.5 Å². The number of benzene rings is 2. The molecule has 0 aliphatic carbocycles. The number of carbonyl (C=O) groups is 1. The lowest BCUT2D eigenvalue weighted by Crippen LogP contribution is -2.31. The molecule has 1 N–H and O–H groups in total. The fourth-order valence-corrected chi connectivity index (χ4v) is 6.57. The zero-order valence-electron chi connectivity index (χ0n) is 16.4. The summed E-state index contributed by atoms with van der Waals surface area (Å²) in [5.74, 6) is -1.01. The number of rotatable bonds is 5. The minimum atomic E-state index is -3.81. The van der Waals surface area contributed by atoms with Crippen LogP contribution in [0.3, 0.4) is 0 Å². The molecular weight excluding hydrogens is 463 g/mol. The Morgan fingerprint density at radius 1 is 1.26 bits per heavy atom. The van der Waals surface area contributed by atoms with Crippen LogP contribution in [0, 0.1) is 12.7 Å². The molecule has 0 bridgehead atoms.